The fourth-order valence-corrected chi connectivity index (χ4v) is 3.88. The summed E-state index contributed by atoms with van der Waals surface area (Å²) < 4.78 is 1.53. The van der Waals surface area contributed by atoms with Crippen molar-refractivity contribution in [1.82, 2.24) is 19.4 Å². The molecule has 8 nitrogen and oxygen atoms in total. The van der Waals surface area contributed by atoms with Gasteiger partial charge in [0.25, 0.3) is 0 Å². The molecule has 0 radical (unpaired) electrons. The number of aliphatic hydroxyl groups excluding tert-OH is 2. The first-order valence-corrected chi connectivity index (χ1v) is 10.0. The van der Waals surface area contributed by atoms with E-state index in [4.69, 9.17) is 28.3 Å². The van der Waals surface area contributed by atoms with E-state index >= 15 is 0 Å². The highest BCUT2D eigenvalue weighted by atomic mass is 35.5. The Labute approximate surface area is 182 Å². The third-order valence-electron chi connectivity index (χ3n) is 4.88. The molecule has 1 aliphatic heterocycles. The number of nitrogens with one attached hydrogen (secondary N) is 1. The first-order valence-electron chi connectivity index (χ1n) is 9.28. The smallest absolute Gasteiger partial charge is 0.329 e. The third-order valence-corrected chi connectivity index (χ3v) is 5.39. The van der Waals surface area contributed by atoms with Crippen molar-refractivity contribution in [2.75, 3.05) is 25.1 Å². The number of carbonyl (C=O) groups excluding carboxylic acids is 1. The van der Waals surface area contributed by atoms with Crippen molar-refractivity contribution in [1.29, 1.82) is 0 Å². The van der Waals surface area contributed by atoms with Crippen LogP contribution in [-0.4, -0.2) is 55.4 Å². The molecule has 30 heavy (non-hydrogen) atoms. The molecule has 1 atom stereocenters. The second kappa shape index (κ2) is 8.61. The lowest BCUT2D eigenvalue weighted by Crippen LogP contribution is -2.32. The summed E-state index contributed by atoms with van der Waals surface area (Å²) in [5.74, 6) is 0.337. The Hall–Kier alpha value is -2.65. The molecule has 3 aromatic rings. The molecule has 0 saturated carbocycles. The zero-order chi connectivity index (χ0) is 21.3. The minimum atomic E-state index is -0.503. The van der Waals surface area contributed by atoms with Crippen LogP contribution < -0.4 is 5.32 Å². The fraction of sp³-hybridized carbons (Fsp3) is 0.250. The van der Waals surface area contributed by atoms with Gasteiger partial charge < -0.3 is 20.4 Å². The molecule has 1 unspecified atom stereocenters. The summed E-state index contributed by atoms with van der Waals surface area (Å²) in [6.45, 7) is 0.369. The van der Waals surface area contributed by atoms with Crippen LogP contribution in [0.5, 0.6) is 0 Å². The van der Waals surface area contributed by atoms with Gasteiger partial charge in [0.2, 0.25) is 5.95 Å². The summed E-state index contributed by atoms with van der Waals surface area (Å²) in [4.78, 5) is 23.1. The van der Waals surface area contributed by atoms with Gasteiger partial charge >= 0.3 is 6.03 Å². The third kappa shape index (κ3) is 3.87. The first kappa shape index (κ1) is 20.6. The minimum absolute atomic E-state index is 0.0508. The number of aliphatic hydroxyl groups is 2. The summed E-state index contributed by atoms with van der Waals surface area (Å²) in [6.07, 6.45) is 3.15. The Morgan fingerprint density at radius 3 is 2.77 bits per heavy atom. The number of hydrogen-bond donors (Lipinski definition) is 3. The number of rotatable bonds is 7. The second-order valence-electron chi connectivity index (χ2n) is 6.79. The molecule has 1 aliphatic rings. The largest absolute Gasteiger partial charge is 0.395 e. The van der Waals surface area contributed by atoms with Gasteiger partial charge in [0.15, 0.2) is 0 Å². The molecule has 1 aromatic carbocycles. The lowest BCUT2D eigenvalue weighted by Gasteiger charge is -2.26. The van der Waals surface area contributed by atoms with E-state index in [2.05, 4.69) is 15.3 Å². The number of amides is 1. The normalized spacial score (nSPS) is 14.1. The Balaban J connectivity index is 1.61. The highest BCUT2D eigenvalue weighted by Crippen LogP contribution is 2.34. The van der Waals surface area contributed by atoms with Crippen LogP contribution in [0.3, 0.4) is 0 Å². The van der Waals surface area contributed by atoms with Gasteiger partial charge in [-0.3, -0.25) is 4.57 Å². The van der Waals surface area contributed by atoms with E-state index in [1.54, 1.807) is 29.3 Å². The monoisotopic (exact) mass is 447 g/mol. The standard InChI is InChI=1S/C20H19Cl2N5O3/c21-14-3-1-2-12(6-14)17(11-29)27-10-15-7-13(9-26(15)20(27)30)18-16(22)8-24-19(25-18)23-4-5-28/h1-3,6-9,17,28-29H,4-5,10-11H2,(H,23,24,25). The molecule has 1 amide bonds. The molecule has 4 rings (SSSR count). The van der Waals surface area contributed by atoms with Crippen molar-refractivity contribution < 1.29 is 15.0 Å². The maximum Gasteiger partial charge on any atom is 0.329 e. The van der Waals surface area contributed by atoms with Crippen molar-refractivity contribution in [3.8, 4) is 11.3 Å². The predicted molar refractivity (Wildman–Crippen MR) is 114 cm³/mol. The van der Waals surface area contributed by atoms with Gasteiger partial charge in [0.05, 0.1) is 42.7 Å². The Kier molecular flexibility index (Phi) is 5.92. The van der Waals surface area contributed by atoms with Gasteiger partial charge in [-0.2, -0.15) is 0 Å². The number of anilines is 1. The average molecular weight is 448 g/mol. The highest BCUT2D eigenvalue weighted by Gasteiger charge is 2.34. The topological polar surface area (TPSA) is 104 Å². The number of hydrogen-bond acceptors (Lipinski definition) is 6. The van der Waals surface area contributed by atoms with E-state index in [-0.39, 0.29) is 19.2 Å². The van der Waals surface area contributed by atoms with E-state index in [1.165, 1.54) is 10.8 Å². The predicted octanol–water partition coefficient (Wildman–Crippen LogP) is 3.17. The Bertz CT molecular complexity index is 1090. The summed E-state index contributed by atoms with van der Waals surface area (Å²) in [5.41, 5.74) is 2.69. The van der Waals surface area contributed by atoms with Crippen LogP contribution in [0.15, 0.2) is 42.7 Å². The number of aromatic nitrogens is 3. The number of halogens is 2. The van der Waals surface area contributed by atoms with E-state index < -0.39 is 6.04 Å². The number of nitrogens with zero attached hydrogens (tertiary/aromatic N) is 4. The van der Waals surface area contributed by atoms with Crippen LogP contribution in [-0.2, 0) is 6.54 Å². The molecule has 0 saturated heterocycles. The van der Waals surface area contributed by atoms with E-state index in [9.17, 15) is 9.90 Å². The number of fused-ring (bicyclic) bond motifs is 1. The number of carbonyl (C=O) groups is 1. The van der Waals surface area contributed by atoms with Gasteiger partial charge in [-0.05, 0) is 23.8 Å². The summed E-state index contributed by atoms with van der Waals surface area (Å²) in [7, 11) is 0. The van der Waals surface area contributed by atoms with E-state index in [0.29, 0.717) is 40.3 Å². The summed E-state index contributed by atoms with van der Waals surface area (Å²) in [5, 5.41) is 22.7. The van der Waals surface area contributed by atoms with Crippen LogP contribution in [0.25, 0.3) is 11.3 Å². The molecule has 0 bridgehead atoms. The molecule has 10 heteroatoms. The van der Waals surface area contributed by atoms with Crippen LogP contribution in [0.1, 0.15) is 17.3 Å². The fourth-order valence-electron chi connectivity index (χ4n) is 3.48. The van der Waals surface area contributed by atoms with E-state index in [0.717, 1.165) is 11.3 Å². The molecule has 3 heterocycles. The quantitative estimate of drug-likeness (QED) is 0.513. The zero-order valence-corrected chi connectivity index (χ0v) is 17.3. The molecular weight excluding hydrogens is 429 g/mol. The van der Waals surface area contributed by atoms with Crippen LogP contribution in [0.4, 0.5) is 10.7 Å². The Morgan fingerprint density at radius 1 is 1.23 bits per heavy atom. The SMILES string of the molecule is O=C1N(C(CO)c2cccc(Cl)c2)Cc2cc(-c3nc(NCCO)ncc3Cl)cn21. The lowest BCUT2D eigenvalue weighted by atomic mass is 10.1. The molecule has 0 spiro atoms. The van der Waals surface area contributed by atoms with Crippen LogP contribution in [0, 0.1) is 0 Å². The maximum absolute atomic E-state index is 13.0. The summed E-state index contributed by atoms with van der Waals surface area (Å²) in [6, 6.07) is 8.20. The molecule has 3 N–H and O–H groups in total. The van der Waals surface area contributed by atoms with Gasteiger partial charge in [-0.15, -0.1) is 0 Å². The second-order valence-corrected chi connectivity index (χ2v) is 7.64. The highest BCUT2D eigenvalue weighted by molar-refractivity contribution is 6.33. The van der Waals surface area contributed by atoms with Crippen molar-refractivity contribution in [2.45, 2.75) is 12.6 Å². The minimum Gasteiger partial charge on any atom is -0.395 e. The summed E-state index contributed by atoms with van der Waals surface area (Å²) >= 11 is 12.3. The molecular formula is C20H19Cl2N5O3. The molecule has 0 fully saturated rings. The maximum atomic E-state index is 13.0. The number of benzene rings is 1. The average Bonchev–Trinajstić information content (AvgIpc) is 3.28. The zero-order valence-electron chi connectivity index (χ0n) is 15.8. The van der Waals surface area contributed by atoms with Crippen molar-refractivity contribution >= 4 is 35.2 Å². The van der Waals surface area contributed by atoms with Crippen molar-refractivity contribution in [3.63, 3.8) is 0 Å². The van der Waals surface area contributed by atoms with E-state index in [1.807, 2.05) is 12.1 Å². The van der Waals surface area contributed by atoms with Gasteiger partial charge in [-0.1, -0.05) is 35.3 Å². The molecule has 0 aliphatic carbocycles. The Morgan fingerprint density at radius 2 is 2.07 bits per heavy atom. The van der Waals surface area contributed by atoms with Crippen molar-refractivity contribution in [2.24, 2.45) is 0 Å². The van der Waals surface area contributed by atoms with Gasteiger partial charge in [0.1, 0.15) is 0 Å². The van der Waals surface area contributed by atoms with Crippen molar-refractivity contribution in [3.05, 3.63) is 64.0 Å². The van der Waals surface area contributed by atoms with Gasteiger partial charge in [0, 0.05) is 29.0 Å². The molecule has 156 valence electrons. The first-order chi connectivity index (χ1) is 14.5. The lowest BCUT2D eigenvalue weighted by molar-refractivity contribution is 0.141. The van der Waals surface area contributed by atoms with Crippen LogP contribution in [0.2, 0.25) is 10.0 Å². The van der Waals surface area contributed by atoms with Gasteiger partial charge in [-0.25, -0.2) is 14.8 Å². The van der Waals surface area contributed by atoms with Crippen LogP contribution >= 0.6 is 23.2 Å². The molecule has 2 aromatic heterocycles.